The Labute approximate surface area is 115 Å². The molecule has 0 saturated carbocycles. The molecule has 0 spiro atoms. The van der Waals surface area contributed by atoms with Crippen LogP contribution in [0.2, 0.25) is 0 Å². The van der Waals surface area contributed by atoms with Crippen molar-refractivity contribution in [1.82, 2.24) is 14.8 Å². The summed E-state index contributed by atoms with van der Waals surface area (Å²) in [7, 11) is 3.08. The summed E-state index contributed by atoms with van der Waals surface area (Å²) in [5.74, 6) is 0.400. The first-order chi connectivity index (χ1) is 9.19. The van der Waals surface area contributed by atoms with Crippen molar-refractivity contribution >= 4 is 12.2 Å². The van der Waals surface area contributed by atoms with Crippen molar-refractivity contribution in [3.05, 3.63) is 28.8 Å². The van der Waals surface area contributed by atoms with Crippen LogP contribution >= 0.6 is 12.2 Å². The van der Waals surface area contributed by atoms with Gasteiger partial charge in [0.25, 0.3) is 0 Å². The molecule has 0 unspecified atom stereocenters. The Morgan fingerprint density at radius 2 is 2.21 bits per heavy atom. The highest BCUT2D eigenvalue weighted by Gasteiger charge is 2.17. The Morgan fingerprint density at radius 3 is 2.89 bits per heavy atom. The summed E-state index contributed by atoms with van der Waals surface area (Å²) in [6, 6.07) is 4.62. The molecule has 0 aliphatic carbocycles. The van der Waals surface area contributed by atoms with Gasteiger partial charge in [0, 0.05) is 7.11 Å². The quantitative estimate of drug-likeness (QED) is 0.856. The van der Waals surface area contributed by atoms with Crippen LogP contribution in [0.4, 0.5) is 4.39 Å². The summed E-state index contributed by atoms with van der Waals surface area (Å²) in [6.45, 7) is 0.941. The number of aromatic nitrogens is 3. The van der Waals surface area contributed by atoms with Crippen LogP contribution in [-0.4, -0.2) is 35.6 Å². The van der Waals surface area contributed by atoms with E-state index in [1.807, 2.05) is 0 Å². The maximum absolute atomic E-state index is 14.0. The minimum absolute atomic E-state index is 0.286. The van der Waals surface area contributed by atoms with Crippen molar-refractivity contribution in [3.8, 4) is 17.1 Å². The van der Waals surface area contributed by atoms with Gasteiger partial charge in [-0.2, -0.15) is 5.10 Å². The normalized spacial score (nSPS) is 10.7. The van der Waals surface area contributed by atoms with Crippen LogP contribution in [0.25, 0.3) is 11.4 Å². The lowest BCUT2D eigenvalue weighted by atomic mass is 10.1. The van der Waals surface area contributed by atoms with Crippen molar-refractivity contribution < 1.29 is 13.9 Å². The second-order valence-electron chi connectivity index (χ2n) is 3.81. The lowest BCUT2D eigenvalue weighted by Gasteiger charge is -2.10. The average Bonchev–Trinajstić information content (AvgIpc) is 2.77. The molecule has 0 fully saturated rings. The highest BCUT2D eigenvalue weighted by Crippen LogP contribution is 2.31. The van der Waals surface area contributed by atoms with Crippen LogP contribution in [-0.2, 0) is 11.3 Å². The molecule has 102 valence electrons. The van der Waals surface area contributed by atoms with Crippen LogP contribution in [0, 0.1) is 10.6 Å². The zero-order chi connectivity index (χ0) is 13.8. The molecule has 0 atom stereocenters. The van der Waals surface area contributed by atoms with Gasteiger partial charge in [-0.15, -0.1) is 0 Å². The number of nitrogens with zero attached hydrogens (tertiary/aromatic N) is 2. The van der Waals surface area contributed by atoms with E-state index in [0.29, 0.717) is 29.5 Å². The fourth-order valence-corrected chi connectivity index (χ4v) is 2.01. The monoisotopic (exact) mass is 283 g/mol. The predicted molar refractivity (Wildman–Crippen MR) is 71.2 cm³/mol. The van der Waals surface area contributed by atoms with Gasteiger partial charge in [0.2, 0.25) is 0 Å². The largest absolute Gasteiger partial charge is 0.496 e. The second-order valence-corrected chi connectivity index (χ2v) is 4.20. The molecule has 1 aromatic heterocycles. The average molecular weight is 283 g/mol. The summed E-state index contributed by atoms with van der Waals surface area (Å²) in [6.07, 6.45) is 0. The number of rotatable bonds is 5. The highest BCUT2D eigenvalue weighted by atomic mass is 32.1. The first-order valence-electron chi connectivity index (χ1n) is 5.66. The number of methoxy groups -OCH3 is 2. The fraction of sp³-hybridized carbons (Fsp3) is 0.333. The Bertz CT molecular complexity index is 624. The van der Waals surface area contributed by atoms with Crippen LogP contribution in [0.15, 0.2) is 18.2 Å². The smallest absolute Gasteiger partial charge is 0.195 e. The molecule has 0 aliphatic heterocycles. The molecule has 19 heavy (non-hydrogen) atoms. The van der Waals surface area contributed by atoms with Gasteiger partial charge in [-0.05, 0) is 24.4 Å². The first-order valence-corrected chi connectivity index (χ1v) is 6.07. The van der Waals surface area contributed by atoms with E-state index in [2.05, 4.69) is 10.2 Å². The molecular weight excluding hydrogens is 269 g/mol. The Hall–Kier alpha value is -1.73. The summed E-state index contributed by atoms with van der Waals surface area (Å²) in [4.78, 5) is 0. The lowest BCUT2D eigenvalue weighted by Crippen LogP contribution is -2.07. The van der Waals surface area contributed by atoms with Gasteiger partial charge in [0.15, 0.2) is 10.6 Å². The number of nitrogens with one attached hydrogen (secondary N) is 1. The molecule has 0 aliphatic rings. The van der Waals surface area contributed by atoms with Crippen LogP contribution < -0.4 is 4.74 Å². The molecule has 0 amide bonds. The van der Waals surface area contributed by atoms with E-state index in [9.17, 15) is 4.39 Å². The van der Waals surface area contributed by atoms with Gasteiger partial charge >= 0.3 is 0 Å². The molecule has 1 heterocycles. The van der Waals surface area contributed by atoms with Gasteiger partial charge in [0.1, 0.15) is 11.6 Å². The number of aromatic amines is 1. The van der Waals surface area contributed by atoms with Gasteiger partial charge < -0.3 is 9.47 Å². The Kier molecular flexibility index (Phi) is 4.28. The number of halogens is 1. The van der Waals surface area contributed by atoms with E-state index < -0.39 is 5.82 Å². The molecule has 1 N–H and O–H groups in total. The van der Waals surface area contributed by atoms with Gasteiger partial charge in [-0.3, -0.25) is 9.67 Å². The van der Waals surface area contributed by atoms with Crippen molar-refractivity contribution in [2.45, 2.75) is 6.54 Å². The van der Waals surface area contributed by atoms with Gasteiger partial charge in [0.05, 0.1) is 25.8 Å². The molecule has 0 bridgehead atoms. The molecular formula is C12H14FN3O2S. The molecule has 0 radical (unpaired) electrons. The van der Waals surface area contributed by atoms with E-state index >= 15 is 0 Å². The van der Waals surface area contributed by atoms with Crippen molar-refractivity contribution in [1.29, 1.82) is 0 Å². The maximum Gasteiger partial charge on any atom is 0.195 e. The Morgan fingerprint density at radius 1 is 1.42 bits per heavy atom. The zero-order valence-corrected chi connectivity index (χ0v) is 11.5. The third-order valence-corrected chi connectivity index (χ3v) is 3.01. The summed E-state index contributed by atoms with van der Waals surface area (Å²) >= 11 is 5.14. The van der Waals surface area contributed by atoms with E-state index in [-0.39, 0.29) is 5.56 Å². The molecule has 1 aromatic carbocycles. The van der Waals surface area contributed by atoms with Crippen LogP contribution in [0.3, 0.4) is 0 Å². The number of hydrogen-bond acceptors (Lipinski definition) is 4. The summed E-state index contributed by atoms with van der Waals surface area (Å²) < 4.78 is 26.3. The van der Waals surface area contributed by atoms with Gasteiger partial charge in [-0.25, -0.2) is 4.39 Å². The standard InChI is InChI=1S/C12H14FN3O2S/c1-17-7-6-16-11(14-15-12(16)19)10-8(13)4-3-5-9(10)18-2/h3-5H,6-7H2,1-2H3,(H,15,19). The van der Waals surface area contributed by atoms with E-state index in [0.717, 1.165) is 0 Å². The topological polar surface area (TPSA) is 52.1 Å². The number of hydrogen-bond donors (Lipinski definition) is 1. The van der Waals surface area contributed by atoms with Crippen molar-refractivity contribution in [2.75, 3.05) is 20.8 Å². The van der Waals surface area contributed by atoms with Crippen molar-refractivity contribution in [2.24, 2.45) is 0 Å². The predicted octanol–water partition coefficient (Wildman–Crippen LogP) is 2.40. The second kappa shape index (κ2) is 5.94. The number of H-pyrrole nitrogens is 1. The van der Waals surface area contributed by atoms with E-state index in [1.54, 1.807) is 23.8 Å². The van der Waals surface area contributed by atoms with E-state index in [4.69, 9.17) is 21.7 Å². The molecule has 2 rings (SSSR count). The highest BCUT2D eigenvalue weighted by molar-refractivity contribution is 7.71. The van der Waals surface area contributed by atoms with Gasteiger partial charge in [-0.1, -0.05) is 6.07 Å². The van der Waals surface area contributed by atoms with Crippen molar-refractivity contribution in [3.63, 3.8) is 0 Å². The van der Waals surface area contributed by atoms with Crippen LogP contribution in [0.5, 0.6) is 5.75 Å². The lowest BCUT2D eigenvalue weighted by molar-refractivity contribution is 0.187. The molecule has 0 saturated heterocycles. The fourth-order valence-electron chi connectivity index (χ4n) is 1.79. The third kappa shape index (κ3) is 2.66. The summed E-state index contributed by atoms with van der Waals surface area (Å²) in [5.41, 5.74) is 0.286. The van der Waals surface area contributed by atoms with Crippen LogP contribution in [0.1, 0.15) is 0 Å². The van der Waals surface area contributed by atoms with E-state index in [1.165, 1.54) is 13.2 Å². The zero-order valence-electron chi connectivity index (χ0n) is 10.6. The maximum atomic E-state index is 14.0. The minimum atomic E-state index is -0.410. The number of ether oxygens (including phenoxy) is 2. The number of benzene rings is 1. The Balaban J connectivity index is 2.56. The SMILES string of the molecule is COCCn1c(-c2c(F)cccc2OC)n[nH]c1=S. The third-order valence-electron chi connectivity index (χ3n) is 2.70. The molecule has 5 nitrogen and oxygen atoms in total. The molecule has 2 aromatic rings. The summed E-state index contributed by atoms with van der Waals surface area (Å²) in [5, 5.41) is 6.74. The molecule has 7 heteroatoms. The first kappa shape index (κ1) is 13.7. The minimum Gasteiger partial charge on any atom is -0.496 e.